The third-order valence-electron chi connectivity index (χ3n) is 3.22. The van der Waals surface area contributed by atoms with Crippen LogP contribution in [0.3, 0.4) is 0 Å². The molecular formula is C16H19N5O. The molecule has 0 spiro atoms. The largest absolute Gasteiger partial charge is 0.370 e. The molecule has 6 nitrogen and oxygen atoms in total. The fourth-order valence-corrected chi connectivity index (χ4v) is 2.01. The van der Waals surface area contributed by atoms with Gasteiger partial charge in [-0.15, -0.1) is 0 Å². The van der Waals surface area contributed by atoms with Gasteiger partial charge in [0.05, 0.1) is 6.07 Å². The van der Waals surface area contributed by atoms with Gasteiger partial charge >= 0.3 is 0 Å². The van der Waals surface area contributed by atoms with Crippen molar-refractivity contribution in [3.63, 3.8) is 0 Å². The average Bonchev–Trinajstić information content (AvgIpc) is 2.54. The first-order valence-electron chi connectivity index (χ1n) is 7.40. The Hall–Kier alpha value is -2.68. The molecule has 0 amide bonds. The number of anilines is 1. The third-order valence-corrected chi connectivity index (χ3v) is 3.22. The van der Waals surface area contributed by atoms with E-state index >= 15 is 0 Å². The molecule has 0 saturated heterocycles. The van der Waals surface area contributed by atoms with Crippen LogP contribution >= 0.6 is 0 Å². The van der Waals surface area contributed by atoms with Crippen molar-refractivity contribution in [1.82, 2.24) is 15.0 Å². The monoisotopic (exact) mass is 297 g/mol. The second-order valence-corrected chi connectivity index (χ2v) is 4.91. The van der Waals surface area contributed by atoms with Crippen molar-refractivity contribution < 1.29 is 0 Å². The molecule has 0 saturated carbocycles. The Bertz CT molecular complexity index is 700. The summed E-state index contributed by atoms with van der Waals surface area (Å²) in [6.07, 6.45) is 4.81. The van der Waals surface area contributed by atoms with Gasteiger partial charge in [-0.1, -0.05) is 6.92 Å². The van der Waals surface area contributed by atoms with Crippen LogP contribution in [0, 0.1) is 11.3 Å². The zero-order valence-corrected chi connectivity index (χ0v) is 12.6. The third kappa shape index (κ3) is 4.42. The summed E-state index contributed by atoms with van der Waals surface area (Å²) in [7, 11) is 0. The molecule has 0 aromatic carbocycles. The normalized spacial score (nSPS) is 10.2. The summed E-state index contributed by atoms with van der Waals surface area (Å²) in [5, 5.41) is 11.7. The number of nitrogens with zero attached hydrogens (tertiary/aromatic N) is 3. The Morgan fingerprint density at radius 3 is 2.91 bits per heavy atom. The molecule has 0 aliphatic rings. The minimum atomic E-state index is -0.151. The van der Waals surface area contributed by atoms with Crippen LogP contribution in [0.2, 0.25) is 0 Å². The van der Waals surface area contributed by atoms with E-state index in [0.29, 0.717) is 18.7 Å². The maximum atomic E-state index is 11.6. The maximum Gasteiger partial charge on any atom is 0.251 e. The molecule has 0 aliphatic carbocycles. The van der Waals surface area contributed by atoms with Crippen LogP contribution in [-0.4, -0.2) is 21.5 Å². The van der Waals surface area contributed by atoms with Gasteiger partial charge in [0.2, 0.25) is 0 Å². The number of nitriles is 1. The Morgan fingerprint density at radius 1 is 1.36 bits per heavy atom. The molecule has 6 heteroatoms. The van der Waals surface area contributed by atoms with Crippen LogP contribution in [0.25, 0.3) is 11.4 Å². The van der Waals surface area contributed by atoms with Crippen molar-refractivity contribution in [3.8, 4) is 17.5 Å². The lowest BCUT2D eigenvalue weighted by Crippen LogP contribution is -2.10. The average molecular weight is 297 g/mol. The lowest BCUT2D eigenvalue weighted by molar-refractivity contribution is 0.782. The summed E-state index contributed by atoms with van der Waals surface area (Å²) >= 11 is 0. The summed E-state index contributed by atoms with van der Waals surface area (Å²) < 4.78 is 0. The van der Waals surface area contributed by atoms with Crippen LogP contribution in [0.5, 0.6) is 0 Å². The number of aryl methyl sites for hydroxylation is 1. The van der Waals surface area contributed by atoms with Gasteiger partial charge in [0.15, 0.2) is 0 Å². The van der Waals surface area contributed by atoms with Gasteiger partial charge in [-0.2, -0.15) is 5.26 Å². The lowest BCUT2D eigenvalue weighted by Gasteiger charge is -2.06. The summed E-state index contributed by atoms with van der Waals surface area (Å²) in [4.78, 5) is 23.0. The van der Waals surface area contributed by atoms with Gasteiger partial charge in [0, 0.05) is 36.5 Å². The molecule has 2 heterocycles. The Labute approximate surface area is 129 Å². The van der Waals surface area contributed by atoms with Gasteiger partial charge in [-0.3, -0.25) is 4.79 Å². The summed E-state index contributed by atoms with van der Waals surface area (Å²) in [5.41, 5.74) is 1.39. The van der Waals surface area contributed by atoms with Crippen molar-refractivity contribution in [3.05, 3.63) is 40.4 Å². The first-order chi connectivity index (χ1) is 10.7. The molecule has 2 aromatic rings. The number of pyridine rings is 1. The predicted octanol–water partition coefficient (Wildman–Crippen LogP) is 2.50. The standard InChI is InChI=1S/C16H19N5O/c1-2-13-10-15(22)21-16(20-13)12-6-7-14(19-11-12)18-9-5-3-4-8-17/h6-7,10-11H,2-5,9H2,1H3,(H,18,19)(H,20,21,22). The number of H-pyrrole nitrogens is 1. The highest BCUT2D eigenvalue weighted by atomic mass is 16.1. The minimum absolute atomic E-state index is 0.151. The molecule has 0 radical (unpaired) electrons. The van der Waals surface area contributed by atoms with Crippen LogP contribution in [0.15, 0.2) is 29.2 Å². The molecule has 2 N–H and O–H groups in total. The summed E-state index contributed by atoms with van der Waals surface area (Å²) in [6.45, 7) is 2.75. The van der Waals surface area contributed by atoms with Gasteiger partial charge < -0.3 is 10.3 Å². The molecule has 0 fully saturated rings. The smallest absolute Gasteiger partial charge is 0.251 e. The number of aromatic nitrogens is 3. The zero-order valence-electron chi connectivity index (χ0n) is 12.6. The Morgan fingerprint density at radius 2 is 2.23 bits per heavy atom. The van der Waals surface area contributed by atoms with Crippen molar-refractivity contribution in [1.29, 1.82) is 5.26 Å². The van der Waals surface area contributed by atoms with E-state index in [-0.39, 0.29) is 5.56 Å². The molecule has 114 valence electrons. The van der Waals surface area contributed by atoms with Gasteiger partial charge in [0.1, 0.15) is 11.6 Å². The summed E-state index contributed by atoms with van der Waals surface area (Å²) in [6, 6.07) is 7.37. The highest BCUT2D eigenvalue weighted by Gasteiger charge is 2.04. The molecular weight excluding hydrogens is 278 g/mol. The SMILES string of the molecule is CCc1cc(=O)[nH]c(-c2ccc(NCCCCC#N)nc2)n1. The zero-order chi connectivity index (χ0) is 15.8. The topological polar surface area (TPSA) is 94.5 Å². The molecule has 0 bridgehead atoms. The molecule has 2 aromatic heterocycles. The lowest BCUT2D eigenvalue weighted by atomic mass is 10.2. The Balaban J connectivity index is 2.01. The van der Waals surface area contributed by atoms with E-state index in [9.17, 15) is 4.79 Å². The van der Waals surface area contributed by atoms with Gasteiger partial charge in [-0.25, -0.2) is 9.97 Å². The highest BCUT2D eigenvalue weighted by molar-refractivity contribution is 5.55. The number of rotatable bonds is 7. The van der Waals surface area contributed by atoms with Crippen LogP contribution in [-0.2, 0) is 6.42 Å². The van der Waals surface area contributed by atoms with E-state index in [1.165, 1.54) is 6.07 Å². The molecule has 0 unspecified atom stereocenters. The first-order valence-corrected chi connectivity index (χ1v) is 7.40. The van der Waals surface area contributed by atoms with Crippen LogP contribution < -0.4 is 10.9 Å². The van der Waals surface area contributed by atoms with E-state index in [1.807, 2.05) is 19.1 Å². The number of hydrogen-bond donors (Lipinski definition) is 2. The van der Waals surface area contributed by atoms with E-state index in [0.717, 1.165) is 36.5 Å². The van der Waals surface area contributed by atoms with Crippen LogP contribution in [0.4, 0.5) is 5.82 Å². The number of unbranched alkanes of at least 4 members (excludes halogenated alkanes) is 2. The number of aromatic amines is 1. The van der Waals surface area contributed by atoms with E-state index < -0.39 is 0 Å². The van der Waals surface area contributed by atoms with Crippen molar-refractivity contribution in [2.45, 2.75) is 32.6 Å². The first kappa shape index (κ1) is 15.7. The van der Waals surface area contributed by atoms with E-state index in [2.05, 4.69) is 26.3 Å². The summed E-state index contributed by atoms with van der Waals surface area (Å²) in [5.74, 6) is 1.31. The second-order valence-electron chi connectivity index (χ2n) is 4.91. The molecule has 2 rings (SSSR count). The second kappa shape index (κ2) is 7.93. The fourth-order valence-electron chi connectivity index (χ4n) is 2.01. The Kier molecular flexibility index (Phi) is 5.66. The van der Waals surface area contributed by atoms with Gasteiger partial charge in [0.25, 0.3) is 5.56 Å². The van der Waals surface area contributed by atoms with E-state index in [4.69, 9.17) is 5.26 Å². The van der Waals surface area contributed by atoms with Gasteiger partial charge in [-0.05, 0) is 31.4 Å². The van der Waals surface area contributed by atoms with Crippen LogP contribution in [0.1, 0.15) is 31.9 Å². The van der Waals surface area contributed by atoms with Crippen molar-refractivity contribution in [2.24, 2.45) is 0 Å². The maximum absolute atomic E-state index is 11.6. The quantitative estimate of drug-likeness (QED) is 0.766. The highest BCUT2D eigenvalue weighted by Crippen LogP contribution is 2.15. The number of hydrogen-bond acceptors (Lipinski definition) is 5. The minimum Gasteiger partial charge on any atom is -0.370 e. The molecule has 0 aliphatic heterocycles. The van der Waals surface area contributed by atoms with Crippen molar-refractivity contribution >= 4 is 5.82 Å². The number of nitrogens with one attached hydrogen (secondary N) is 2. The van der Waals surface area contributed by atoms with E-state index in [1.54, 1.807) is 6.20 Å². The van der Waals surface area contributed by atoms with Crippen molar-refractivity contribution in [2.75, 3.05) is 11.9 Å². The molecule has 0 atom stereocenters. The fraction of sp³-hybridized carbons (Fsp3) is 0.375. The predicted molar refractivity (Wildman–Crippen MR) is 85.4 cm³/mol. The molecule has 22 heavy (non-hydrogen) atoms.